The van der Waals surface area contributed by atoms with Crippen molar-refractivity contribution in [2.75, 3.05) is 13.2 Å². The molecule has 140 valence electrons. The zero-order chi connectivity index (χ0) is 18.8. The first-order valence-corrected chi connectivity index (χ1v) is 9.45. The third-order valence-corrected chi connectivity index (χ3v) is 5.75. The quantitative estimate of drug-likeness (QED) is 0.810. The van der Waals surface area contributed by atoms with Gasteiger partial charge in [-0.2, -0.15) is 0 Å². The molecule has 0 radical (unpaired) electrons. The molecule has 0 unspecified atom stereocenters. The maximum Gasteiger partial charge on any atom is 0.407 e. The summed E-state index contributed by atoms with van der Waals surface area (Å²) in [5.41, 5.74) is 4.81. The third-order valence-electron chi connectivity index (χ3n) is 5.75. The normalized spacial score (nSPS) is 20.3. The first-order chi connectivity index (χ1) is 13.1. The van der Waals surface area contributed by atoms with Gasteiger partial charge in [-0.3, -0.25) is 4.79 Å². The number of carbonyl (C=O) groups is 2. The zero-order valence-electron chi connectivity index (χ0n) is 15.1. The van der Waals surface area contributed by atoms with E-state index in [0.717, 1.165) is 6.42 Å². The van der Waals surface area contributed by atoms with E-state index < -0.39 is 12.1 Å². The van der Waals surface area contributed by atoms with E-state index in [-0.39, 0.29) is 11.8 Å². The average molecular weight is 365 g/mol. The van der Waals surface area contributed by atoms with E-state index in [1.54, 1.807) is 0 Å². The van der Waals surface area contributed by atoms with Crippen LogP contribution in [0.1, 0.15) is 36.3 Å². The van der Waals surface area contributed by atoms with Crippen molar-refractivity contribution in [3.63, 3.8) is 0 Å². The maximum absolute atomic E-state index is 12.1. The van der Waals surface area contributed by atoms with Gasteiger partial charge in [0.2, 0.25) is 0 Å². The van der Waals surface area contributed by atoms with Crippen LogP contribution in [0.5, 0.6) is 0 Å². The lowest BCUT2D eigenvalue weighted by Crippen LogP contribution is -2.34. The molecule has 2 aromatic carbocycles. The predicted molar refractivity (Wildman–Crippen MR) is 102 cm³/mol. The van der Waals surface area contributed by atoms with Gasteiger partial charge in [0.1, 0.15) is 6.61 Å². The highest BCUT2D eigenvalue weighted by molar-refractivity contribution is 5.79. The van der Waals surface area contributed by atoms with Crippen molar-refractivity contribution in [2.24, 2.45) is 11.8 Å². The summed E-state index contributed by atoms with van der Waals surface area (Å²) in [5.74, 6) is -0.466. The largest absolute Gasteiger partial charge is 0.481 e. The second-order valence-corrected chi connectivity index (χ2v) is 7.41. The Hall–Kier alpha value is -2.82. The molecule has 5 nitrogen and oxygen atoms in total. The number of amides is 1. The Bertz CT molecular complexity index is 811. The molecule has 2 aromatic rings. The molecular weight excluding hydrogens is 342 g/mol. The van der Waals surface area contributed by atoms with Crippen LogP contribution in [0, 0.1) is 11.8 Å². The van der Waals surface area contributed by atoms with Gasteiger partial charge in [0.15, 0.2) is 0 Å². The monoisotopic (exact) mass is 365 g/mol. The number of hydrogen-bond acceptors (Lipinski definition) is 3. The number of carboxylic acids is 1. The van der Waals surface area contributed by atoms with Gasteiger partial charge in [-0.25, -0.2) is 4.79 Å². The molecule has 4 rings (SSSR count). The smallest absolute Gasteiger partial charge is 0.407 e. The lowest BCUT2D eigenvalue weighted by molar-refractivity contribution is -0.146. The Balaban J connectivity index is 1.28. The average Bonchev–Trinajstić information content (AvgIpc) is 2.95. The molecule has 1 fully saturated rings. The molecule has 0 saturated heterocycles. The van der Waals surface area contributed by atoms with Crippen LogP contribution in [0.2, 0.25) is 0 Å². The molecule has 5 heteroatoms. The van der Waals surface area contributed by atoms with Crippen molar-refractivity contribution in [3.05, 3.63) is 59.7 Å². The second kappa shape index (κ2) is 7.43. The summed E-state index contributed by atoms with van der Waals surface area (Å²) in [6.45, 7) is 0.831. The number of carboxylic acid groups (broad SMARTS) is 1. The highest BCUT2D eigenvalue weighted by atomic mass is 16.5. The van der Waals surface area contributed by atoms with Crippen LogP contribution in [-0.2, 0) is 9.53 Å². The SMILES string of the molecule is O=C(NCCC1CC(C(=O)O)C1)OCC1c2ccccc2-c2ccccc21. The summed E-state index contributed by atoms with van der Waals surface area (Å²) in [6, 6.07) is 16.5. The summed E-state index contributed by atoms with van der Waals surface area (Å²) in [6.07, 6.45) is 1.81. The van der Waals surface area contributed by atoms with Gasteiger partial charge in [0, 0.05) is 12.5 Å². The van der Waals surface area contributed by atoms with Crippen molar-refractivity contribution in [1.29, 1.82) is 0 Å². The highest BCUT2D eigenvalue weighted by Crippen LogP contribution is 2.44. The molecule has 2 N–H and O–H groups in total. The minimum atomic E-state index is -0.712. The van der Waals surface area contributed by atoms with E-state index in [0.29, 0.717) is 31.9 Å². The lowest BCUT2D eigenvalue weighted by Gasteiger charge is -2.32. The lowest BCUT2D eigenvalue weighted by atomic mass is 9.73. The number of aliphatic carboxylic acids is 1. The molecular formula is C22H23NO4. The summed E-state index contributed by atoms with van der Waals surface area (Å²) in [7, 11) is 0. The van der Waals surface area contributed by atoms with Gasteiger partial charge in [-0.05, 0) is 47.4 Å². The van der Waals surface area contributed by atoms with Crippen molar-refractivity contribution >= 4 is 12.1 Å². The van der Waals surface area contributed by atoms with E-state index in [9.17, 15) is 9.59 Å². The Morgan fingerprint density at radius 2 is 1.59 bits per heavy atom. The van der Waals surface area contributed by atoms with Gasteiger partial charge in [0.05, 0.1) is 5.92 Å². The molecule has 27 heavy (non-hydrogen) atoms. The minimum Gasteiger partial charge on any atom is -0.481 e. The minimum absolute atomic E-state index is 0.0612. The van der Waals surface area contributed by atoms with Crippen molar-refractivity contribution in [3.8, 4) is 11.1 Å². The molecule has 2 aliphatic carbocycles. The van der Waals surface area contributed by atoms with Crippen LogP contribution in [0.4, 0.5) is 4.79 Å². The van der Waals surface area contributed by atoms with Crippen LogP contribution >= 0.6 is 0 Å². The van der Waals surface area contributed by atoms with Crippen molar-refractivity contribution < 1.29 is 19.4 Å². The molecule has 2 aliphatic rings. The number of ether oxygens (including phenoxy) is 1. The van der Waals surface area contributed by atoms with Crippen LogP contribution < -0.4 is 5.32 Å². The van der Waals surface area contributed by atoms with E-state index in [4.69, 9.17) is 9.84 Å². The van der Waals surface area contributed by atoms with Crippen LogP contribution in [0.15, 0.2) is 48.5 Å². The number of hydrogen-bond donors (Lipinski definition) is 2. The van der Waals surface area contributed by atoms with Gasteiger partial charge in [0.25, 0.3) is 0 Å². The fraction of sp³-hybridized carbons (Fsp3) is 0.364. The second-order valence-electron chi connectivity index (χ2n) is 7.41. The molecule has 0 heterocycles. The highest BCUT2D eigenvalue weighted by Gasteiger charge is 2.34. The number of rotatable bonds is 6. The van der Waals surface area contributed by atoms with E-state index in [1.807, 2.05) is 24.3 Å². The third kappa shape index (κ3) is 3.54. The summed E-state index contributed by atoms with van der Waals surface area (Å²) >= 11 is 0. The van der Waals surface area contributed by atoms with Crippen LogP contribution in [-0.4, -0.2) is 30.3 Å². The van der Waals surface area contributed by atoms with Gasteiger partial charge >= 0.3 is 12.1 Å². The standard InChI is InChI=1S/C22H23NO4/c24-21(25)15-11-14(12-15)9-10-23-22(26)27-13-20-18-7-3-1-5-16(18)17-6-2-4-8-19(17)20/h1-8,14-15,20H,9-13H2,(H,23,26)(H,24,25). The Morgan fingerprint density at radius 1 is 1.00 bits per heavy atom. The van der Waals surface area contributed by atoms with E-state index in [2.05, 4.69) is 29.6 Å². The molecule has 1 saturated carbocycles. The van der Waals surface area contributed by atoms with Crippen LogP contribution in [0.3, 0.4) is 0 Å². The zero-order valence-corrected chi connectivity index (χ0v) is 15.1. The number of fused-ring (bicyclic) bond motifs is 3. The molecule has 0 bridgehead atoms. The number of benzene rings is 2. The number of alkyl carbamates (subject to hydrolysis) is 1. The first kappa shape index (κ1) is 17.6. The molecule has 0 atom stereocenters. The Kier molecular flexibility index (Phi) is 4.84. The van der Waals surface area contributed by atoms with E-state index >= 15 is 0 Å². The fourth-order valence-electron chi connectivity index (χ4n) is 4.20. The number of nitrogens with one attached hydrogen (secondary N) is 1. The Labute approximate surface area is 158 Å². The van der Waals surface area contributed by atoms with Crippen LogP contribution in [0.25, 0.3) is 11.1 Å². The van der Waals surface area contributed by atoms with Gasteiger partial charge in [-0.1, -0.05) is 48.5 Å². The van der Waals surface area contributed by atoms with Gasteiger partial charge < -0.3 is 15.2 Å². The van der Waals surface area contributed by atoms with Crippen molar-refractivity contribution in [2.45, 2.75) is 25.2 Å². The predicted octanol–water partition coefficient (Wildman–Crippen LogP) is 4.03. The topological polar surface area (TPSA) is 75.6 Å². The van der Waals surface area contributed by atoms with Crippen molar-refractivity contribution in [1.82, 2.24) is 5.32 Å². The van der Waals surface area contributed by atoms with E-state index in [1.165, 1.54) is 22.3 Å². The summed E-state index contributed by atoms with van der Waals surface area (Å²) in [4.78, 5) is 22.9. The Morgan fingerprint density at radius 3 is 2.19 bits per heavy atom. The number of carbonyl (C=O) groups excluding carboxylic acids is 1. The molecule has 0 spiro atoms. The molecule has 0 aromatic heterocycles. The summed E-state index contributed by atoms with van der Waals surface area (Å²) < 4.78 is 5.49. The maximum atomic E-state index is 12.1. The van der Waals surface area contributed by atoms with Gasteiger partial charge in [-0.15, -0.1) is 0 Å². The molecule has 1 amide bonds. The molecule has 0 aliphatic heterocycles. The fourth-order valence-corrected chi connectivity index (χ4v) is 4.20. The first-order valence-electron chi connectivity index (χ1n) is 9.45. The summed E-state index contributed by atoms with van der Waals surface area (Å²) in [5, 5.41) is 11.7.